The van der Waals surface area contributed by atoms with Crippen LogP contribution in [0.2, 0.25) is 0 Å². The van der Waals surface area contributed by atoms with Gasteiger partial charge in [-0.05, 0) is 12.1 Å². The SMILES string of the molecule is O=C(O)c1coc(Nc2c(F)cccc2F)n1. The van der Waals surface area contributed by atoms with E-state index in [1.54, 1.807) is 0 Å². The summed E-state index contributed by atoms with van der Waals surface area (Å²) >= 11 is 0. The summed E-state index contributed by atoms with van der Waals surface area (Å²) in [7, 11) is 0. The van der Waals surface area contributed by atoms with Gasteiger partial charge < -0.3 is 14.8 Å². The summed E-state index contributed by atoms with van der Waals surface area (Å²) in [6, 6.07) is 3.00. The molecule has 2 rings (SSSR count). The Hall–Kier alpha value is -2.44. The van der Waals surface area contributed by atoms with Gasteiger partial charge in [0.25, 0.3) is 6.01 Å². The van der Waals surface area contributed by atoms with Gasteiger partial charge >= 0.3 is 5.97 Å². The molecule has 0 radical (unpaired) electrons. The van der Waals surface area contributed by atoms with Crippen LogP contribution in [0, 0.1) is 11.6 Å². The number of para-hydroxylation sites is 1. The van der Waals surface area contributed by atoms with Gasteiger partial charge in [0.05, 0.1) is 0 Å². The van der Waals surface area contributed by atoms with Gasteiger partial charge in [0.15, 0.2) is 5.69 Å². The highest BCUT2D eigenvalue weighted by molar-refractivity contribution is 5.85. The average Bonchev–Trinajstić information content (AvgIpc) is 2.72. The van der Waals surface area contributed by atoms with Crippen LogP contribution in [0.15, 0.2) is 28.9 Å². The Morgan fingerprint density at radius 2 is 2.00 bits per heavy atom. The first-order valence-electron chi connectivity index (χ1n) is 4.48. The number of carboxylic acid groups (broad SMARTS) is 1. The van der Waals surface area contributed by atoms with Crippen LogP contribution >= 0.6 is 0 Å². The Morgan fingerprint density at radius 1 is 1.35 bits per heavy atom. The standard InChI is InChI=1S/C10H6F2N2O3/c11-5-2-1-3-6(12)8(5)14-10-13-7(4-17-10)9(15)16/h1-4H,(H,13,14)(H,15,16). The van der Waals surface area contributed by atoms with Crippen LogP contribution in [0.3, 0.4) is 0 Å². The van der Waals surface area contributed by atoms with E-state index in [9.17, 15) is 13.6 Å². The summed E-state index contributed by atoms with van der Waals surface area (Å²) < 4.78 is 31.1. The van der Waals surface area contributed by atoms with Gasteiger partial charge in [-0.2, -0.15) is 4.98 Å². The zero-order valence-corrected chi connectivity index (χ0v) is 8.28. The van der Waals surface area contributed by atoms with Crippen molar-refractivity contribution >= 4 is 17.7 Å². The van der Waals surface area contributed by atoms with Gasteiger partial charge in [0.1, 0.15) is 23.6 Å². The normalized spacial score (nSPS) is 10.2. The van der Waals surface area contributed by atoms with Crippen LogP contribution < -0.4 is 5.32 Å². The lowest BCUT2D eigenvalue weighted by Crippen LogP contribution is -1.99. The number of carboxylic acids is 1. The first-order chi connectivity index (χ1) is 8.08. The van der Waals surface area contributed by atoms with Crippen LogP contribution in [0.25, 0.3) is 0 Å². The molecule has 0 bridgehead atoms. The number of hydrogen-bond acceptors (Lipinski definition) is 4. The second-order valence-corrected chi connectivity index (χ2v) is 3.06. The van der Waals surface area contributed by atoms with Crippen LogP contribution in [0.1, 0.15) is 10.5 Å². The summed E-state index contributed by atoms with van der Waals surface area (Å²) in [5, 5.41) is 10.8. The predicted molar refractivity (Wildman–Crippen MR) is 53.1 cm³/mol. The lowest BCUT2D eigenvalue weighted by Gasteiger charge is -2.03. The molecule has 0 aliphatic heterocycles. The minimum Gasteiger partial charge on any atom is -0.476 e. The molecule has 5 nitrogen and oxygen atoms in total. The first kappa shape index (κ1) is 11.1. The van der Waals surface area contributed by atoms with E-state index in [-0.39, 0.29) is 11.7 Å². The molecule has 0 saturated heterocycles. The van der Waals surface area contributed by atoms with Crippen LogP contribution in [0.4, 0.5) is 20.5 Å². The maximum Gasteiger partial charge on any atom is 0.357 e. The second-order valence-electron chi connectivity index (χ2n) is 3.06. The van der Waals surface area contributed by atoms with Gasteiger partial charge in [0, 0.05) is 0 Å². The van der Waals surface area contributed by atoms with Gasteiger partial charge in [0.2, 0.25) is 0 Å². The van der Waals surface area contributed by atoms with E-state index in [2.05, 4.69) is 10.3 Å². The fourth-order valence-corrected chi connectivity index (χ4v) is 1.15. The molecular weight excluding hydrogens is 234 g/mol. The predicted octanol–water partition coefficient (Wildman–Crippen LogP) is 2.39. The van der Waals surface area contributed by atoms with Crippen molar-refractivity contribution in [1.29, 1.82) is 0 Å². The summed E-state index contributed by atoms with van der Waals surface area (Å²) in [5.74, 6) is -2.96. The molecule has 0 unspecified atom stereocenters. The van der Waals surface area contributed by atoms with Crippen LogP contribution in [-0.2, 0) is 0 Å². The second kappa shape index (κ2) is 4.20. The van der Waals surface area contributed by atoms with E-state index in [0.29, 0.717) is 0 Å². The number of rotatable bonds is 3. The van der Waals surface area contributed by atoms with Gasteiger partial charge in [-0.15, -0.1) is 0 Å². The third-order valence-corrected chi connectivity index (χ3v) is 1.92. The number of halogens is 2. The van der Waals surface area contributed by atoms with Gasteiger partial charge in [-0.25, -0.2) is 13.6 Å². The molecule has 2 N–H and O–H groups in total. The van der Waals surface area contributed by atoms with Crippen molar-refractivity contribution in [3.63, 3.8) is 0 Å². The molecule has 1 heterocycles. The summed E-state index contributed by atoms with van der Waals surface area (Å²) in [6.45, 7) is 0. The highest BCUT2D eigenvalue weighted by Crippen LogP contribution is 2.22. The molecule has 0 spiro atoms. The Kier molecular flexibility index (Phi) is 2.73. The molecule has 2 aromatic rings. The quantitative estimate of drug-likeness (QED) is 0.861. The number of oxazole rings is 1. The molecular formula is C10H6F2N2O3. The molecule has 1 aromatic heterocycles. The lowest BCUT2D eigenvalue weighted by molar-refractivity contribution is 0.0690. The smallest absolute Gasteiger partial charge is 0.357 e. The molecule has 0 aliphatic carbocycles. The molecule has 0 atom stereocenters. The van der Waals surface area contributed by atoms with Crippen molar-refractivity contribution in [2.75, 3.05) is 5.32 Å². The molecule has 88 valence electrons. The Bertz CT molecular complexity index is 548. The summed E-state index contributed by atoms with van der Waals surface area (Å²) in [5.41, 5.74) is -0.810. The van der Waals surface area contributed by atoms with Gasteiger partial charge in [-0.3, -0.25) is 0 Å². The minimum absolute atomic E-state index is 0.300. The zero-order chi connectivity index (χ0) is 12.4. The van der Waals surface area contributed by atoms with E-state index in [4.69, 9.17) is 9.52 Å². The molecule has 0 fully saturated rings. The maximum atomic E-state index is 13.2. The third kappa shape index (κ3) is 2.22. The fourth-order valence-electron chi connectivity index (χ4n) is 1.15. The highest BCUT2D eigenvalue weighted by Gasteiger charge is 2.14. The summed E-state index contributed by atoms with van der Waals surface area (Å²) in [6.07, 6.45) is 0.865. The van der Waals surface area contributed by atoms with Crippen LogP contribution in [0.5, 0.6) is 0 Å². The van der Waals surface area contributed by atoms with E-state index in [0.717, 1.165) is 18.4 Å². The average molecular weight is 240 g/mol. The monoisotopic (exact) mass is 240 g/mol. The Balaban J connectivity index is 2.28. The fraction of sp³-hybridized carbons (Fsp3) is 0. The van der Waals surface area contributed by atoms with Crippen molar-refractivity contribution in [1.82, 2.24) is 4.98 Å². The molecule has 1 aromatic carbocycles. The molecule has 0 aliphatic rings. The number of aromatic nitrogens is 1. The third-order valence-electron chi connectivity index (χ3n) is 1.92. The molecule has 17 heavy (non-hydrogen) atoms. The number of aromatic carboxylic acids is 1. The number of nitrogens with zero attached hydrogens (tertiary/aromatic N) is 1. The molecule has 7 heteroatoms. The topological polar surface area (TPSA) is 75.4 Å². The van der Waals surface area contributed by atoms with Crippen molar-refractivity contribution in [2.45, 2.75) is 0 Å². The minimum atomic E-state index is -1.30. The van der Waals surface area contributed by atoms with E-state index in [1.165, 1.54) is 6.07 Å². The van der Waals surface area contributed by atoms with Gasteiger partial charge in [-0.1, -0.05) is 6.07 Å². The van der Waals surface area contributed by atoms with Crippen molar-refractivity contribution < 1.29 is 23.1 Å². The Morgan fingerprint density at radius 3 is 2.53 bits per heavy atom. The zero-order valence-electron chi connectivity index (χ0n) is 8.28. The van der Waals surface area contributed by atoms with Crippen LogP contribution in [-0.4, -0.2) is 16.1 Å². The number of anilines is 2. The van der Waals surface area contributed by atoms with E-state index in [1.807, 2.05) is 0 Å². The molecule has 0 amide bonds. The highest BCUT2D eigenvalue weighted by atomic mass is 19.1. The molecule has 0 saturated carbocycles. The number of hydrogen-bond donors (Lipinski definition) is 2. The van der Waals surface area contributed by atoms with Crippen molar-refractivity contribution in [3.8, 4) is 0 Å². The largest absolute Gasteiger partial charge is 0.476 e. The lowest BCUT2D eigenvalue weighted by atomic mass is 10.3. The number of benzene rings is 1. The van der Waals surface area contributed by atoms with Crippen molar-refractivity contribution in [2.24, 2.45) is 0 Å². The maximum absolute atomic E-state index is 13.2. The van der Waals surface area contributed by atoms with E-state index >= 15 is 0 Å². The summed E-state index contributed by atoms with van der Waals surface area (Å²) in [4.78, 5) is 14.0. The first-order valence-corrected chi connectivity index (χ1v) is 4.48. The Labute approximate surface area is 93.7 Å². The van der Waals surface area contributed by atoms with E-state index < -0.39 is 23.3 Å². The number of nitrogens with one attached hydrogen (secondary N) is 1. The number of carbonyl (C=O) groups is 1. The van der Waals surface area contributed by atoms with Crippen molar-refractivity contribution in [3.05, 3.63) is 41.8 Å².